The highest BCUT2D eigenvalue weighted by Gasteiger charge is 2.11. The summed E-state index contributed by atoms with van der Waals surface area (Å²) in [5.41, 5.74) is 21.3. The third-order valence-corrected chi connectivity index (χ3v) is 3.51. The highest BCUT2D eigenvalue weighted by molar-refractivity contribution is 5.73. The minimum atomic E-state index is -1.18. The van der Waals surface area contributed by atoms with Gasteiger partial charge in [0.1, 0.15) is 23.9 Å². The Bertz CT molecular complexity index is 627. The van der Waals surface area contributed by atoms with Crippen molar-refractivity contribution in [3.63, 3.8) is 0 Å². The molecule has 3 atom stereocenters. The first-order chi connectivity index (χ1) is 14.0. The molecule has 0 saturated heterocycles. The number of aliphatic hydroxyl groups excluding tert-OH is 1. The third kappa shape index (κ3) is 16.2. The van der Waals surface area contributed by atoms with Crippen LogP contribution in [-0.2, 0) is 20.8 Å². The second-order valence-corrected chi connectivity index (χ2v) is 6.17. The second kappa shape index (κ2) is 17.1. The van der Waals surface area contributed by atoms with Gasteiger partial charge in [-0.25, -0.2) is 0 Å². The van der Waals surface area contributed by atoms with Gasteiger partial charge in [0.15, 0.2) is 0 Å². The molecule has 0 aliphatic heterocycles. The van der Waals surface area contributed by atoms with Crippen LogP contribution in [0, 0.1) is 0 Å². The van der Waals surface area contributed by atoms with E-state index < -0.39 is 42.6 Å². The zero-order valence-corrected chi connectivity index (χ0v) is 16.6. The normalized spacial score (nSPS) is 12.8. The van der Waals surface area contributed by atoms with Crippen LogP contribution in [0.5, 0.6) is 5.75 Å². The van der Waals surface area contributed by atoms with Crippen molar-refractivity contribution < 1.29 is 39.9 Å². The predicted molar refractivity (Wildman–Crippen MR) is 109 cm³/mol. The lowest BCUT2D eigenvalue weighted by Gasteiger charge is -2.05. The number of nitrogens with two attached hydrogens (primary N) is 4. The molecule has 1 aromatic carbocycles. The molecular weight excluding hydrogens is 400 g/mol. The zero-order valence-electron chi connectivity index (χ0n) is 16.6. The summed E-state index contributed by atoms with van der Waals surface area (Å²) in [6, 6.07) is 3.58. The molecule has 12 nitrogen and oxygen atoms in total. The lowest BCUT2D eigenvalue weighted by Crippen LogP contribution is -2.33. The molecule has 0 heterocycles. The number of unbranched alkanes of at least 4 members (excludes halogenated alkanes) is 1. The Balaban J connectivity index is 0. The predicted octanol–water partition coefficient (Wildman–Crippen LogP) is -1.74. The molecule has 0 aromatic heterocycles. The van der Waals surface area contributed by atoms with Gasteiger partial charge >= 0.3 is 17.9 Å². The van der Waals surface area contributed by atoms with E-state index in [0.29, 0.717) is 13.0 Å². The van der Waals surface area contributed by atoms with Gasteiger partial charge in [0.2, 0.25) is 0 Å². The van der Waals surface area contributed by atoms with Crippen molar-refractivity contribution in [1.82, 2.24) is 0 Å². The van der Waals surface area contributed by atoms with Crippen LogP contribution in [0.15, 0.2) is 24.3 Å². The highest BCUT2D eigenvalue weighted by Crippen LogP contribution is 2.10. The van der Waals surface area contributed by atoms with Crippen molar-refractivity contribution >= 4 is 17.9 Å². The Hall–Kier alpha value is -2.77. The lowest BCUT2D eigenvalue weighted by atomic mass is 10.1. The van der Waals surface area contributed by atoms with Gasteiger partial charge < -0.3 is 48.5 Å². The Kier molecular flexibility index (Phi) is 16.8. The summed E-state index contributed by atoms with van der Waals surface area (Å²) in [5.74, 6) is -2.97. The number of carbonyl (C=O) groups is 3. The quantitative estimate of drug-likeness (QED) is 0.187. The Morgan fingerprint density at radius 3 is 1.60 bits per heavy atom. The van der Waals surface area contributed by atoms with Crippen LogP contribution in [0.2, 0.25) is 0 Å². The van der Waals surface area contributed by atoms with Crippen LogP contribution in [0.4, 0.5) is 0 Å². The maximum atomic E-state index is 10.4. The van der Waals surface area contributed by atoms with Crippen LogP contribution in [-0.4, -0.2) is 74.7 Å². The average molecular weight is 432 g/mol. The number of benzene rings is 1. The molecule has 13 N–H and O–H groups in total. The first kappa shape index (κ1) is 29.4. The minimum absolute atomic E-state index is 0.160. The molecular formula is C18H32N4O8. The minimum Gasteiger partial charge on any atom is -0.508 e. The Morgan fingerprint density at radius 2 is 1.27 bits per heavy atom. The second-order valence-electron chi connectivity index (χ2n) is 6.17. The molecule has 0 saturated carbocycles. The topological polar surface area (TPSA) is 256 Å². The van der Waals surface area contributed by atoms with Crippen LogP contribution in [0.1, 0.15) is 24.8 Å². The molecule has 3 unspecified atom stereocenters. The van der Waals surface area contributed by atoms with E-state index in [1.54, 1.807) is 12.1 Å². The maximum absolute atomic E-state index is 10.4. The molecule has 12 heteroatoms. The molecule has 0 amide bonds. The number of hydrogen-bond acceptors (Lipinski definition) is 9. The molecule has 30 heavy (non-hydrogen) atoms. The van der Waals surface area contributed by atoms with Gasteiger partial charge in [-0.1, -0.05) is 18.6 Å². The van der Waals surface area contributed by atoms with Crippen LogP contribution >= 0.6 is 0 Å². The maximum Gasteiger partial charge on any atom is 0.322 e. The summed E-state index contributed by atoms with van der Waals surface area (Å²) in [4.78, 5) is 30.2. The third-order valence-electron chi connectivity index (χ3n) is 3.51. The zero-order chi connectivity index (χ0) is 23.7. The number of aromatic hydroxyl groups is 1. The number of hydrogen-bond donors (Lipinski definition) is 9. The van der Waals surface area contributed by atoms with E-state index in [0.717, 1.165) is 18.4 Å². The molecule has 0 fully saturated rings. The number of rotatable bonds is 10. The smallest absolute Gasteiger partial charge is 0.322 e. The van der Waals surface area contributed by atoms with E-state index in [-0.39, 0.29) is 12.2 Å². The monoisotopic (exact) mass is 432 g/mol. The van der Waals surface area contributed by atoms with Crippen molar-refractivity contribution in [2.75, 3.05) is 13.2 Å². The molecule has 1 rings (SSSR count). The molecule has 0 spiro atoms. The summed E-state index contributed by atoms with van der Waals surface area (Å²) in [6.45, 7) is 0.0989. The highest BCUT2D eigenvalue weighted by atomic mass is 16.4. The first-order valence-electron chi connectivity index (χ1n) is 9.00. The number of aliphatic carboxylic acids is 3. The van der Waals surface area contributed by atoms with Crippen molar-refractivity contribution in [3.8, 4) is 5.75 Å². The fourth-order valence-corrected chi connectivity index (χ4v) is 1.68. The van der Waals surface area contributed by atoms with Gasteiger partial charge in [0.05, 0.1) is 6.61 Å². The van der Waals surface area contributed by atoms with Crippen LogP contribution < -0.4 is 22.9 Å². The summed E-state index contributed by atoms with van der Waals surface area (Å²) < 4.78 is 0. The Morgan fingerprint density at radius 1 is 0.800 bits per heavy atom. The van der Waals surface area contributed by atoms with E-state index in [1.165, 1.54) is 12.1 Å². The fourth-order valence-electron chi connectivity index (χ4n) is 1.68. The van der Waals surface area contributed by atoms with Gasteiger partial charge in [0.25, 0.3) is 0 Å². The van der Waals surface area contributed by atoms with Crippen molar-refractivity contribution in [1.29, 1.82) is 0 Å². The van der Waals surface area contributed by atoms with Gasteiger partial charge in [0, 0.05) is 0 Å². The molecule has 0 aliphatic carbocycles. The number of carboxylic acids is 3. The van der Waals surface area contributed by atoms with E-state index in [1.807, 2.05) is 0 Å². The van der Waals surface area contributed by atoms with Crippen LogP contribution in [0.3, 0.4) is 0 Å². The van der Waals surface area contributed by atoms with Crippen molar-refractivity contribution in [2.24, 2.45) is 22.9 Å². The van der Waals surface area contributed by atoms with Gasteiger partial charge in [-0.05, 0) is 43.5 Å². The molecule has 1 aromatic rings. The van der Waals surface area contributed by atoms with E-state index in [4.69, 9.17) is 48.5 Å². The van der Waals surface area contributed by atoms with Gasteiger partial charge in [-0.3, -0.25) is 14.4 Å². The van der Waals surface area contributed by atoms with E-state index in [9.17, 15) is 14.4 Å². The largest absolute Gasteiger partial charge is 0.508 e. The number of phenolic OH excluding ortho intramolecular Hbond substituents is 1. The standard InChI is InChI=1S/C9H11NO3.C6H14N2O2.C3H7NO3/c10-8(9(12)13)5-6-1-3-7(11)4-2-6;7-4-2-1-3-5(8)6(9)10;4-2(1-5)3(6)7/h1-4,8,11H,5,10H2,(H,12,13);5H,1-4,7-8H2,(H,9,10);2,5H,1,4H2,(H,6,7). The van der Waals surface area contributed by atoms with Gasteiger partial charge in [-0.15, -0.1) is 0 Å². The molecule has 0 aliphatic rings. The van der Waals surface area contributed by atoms with Crippen LogP contribution in [0.25, 0.3) is 0 Å². The molecule has 172 valence electrons. The van der Waals surface area contributed by atoms with Crippen molar-refractivity contribution in [2.45, 2.75) is 43.8 Å². The lowest BCUT2D eigenvalue weighted by molar-refractivity contribution is -0.140. The number of carboxylic acid groups (broad SMARTS) is 3. The molecule has 0 radical (unpaired) electrons. The average Bonchev–Trinajstić information content (AvgIpc) is 2.69. The summed E-state index contributed by atoms with van der Waals surface area (Å²) >= 11 is 0. The Labute approximate surface area is 174 Å². The fraction of sp³-hybridized carbons (Fsp3) is 0.500. The summed E-state index contributed by atoms with van der Waals surface area (Å²) in [5, 5.41) is 41.7. The van der Waals surface area contributed by atoms with Gasteiger partial charge in [-0.2, -0.15) is 0 Å². The number of aliphatic hydroxyl groups is 1. The van der Waals surface area contributed by atoms with E-state index >= 15 is 0 Å². The molecule has 0 bridgehead atoms. The summed E-state index contributed by atoms with van der Waals surface area (Å²) in [7, 11) is 0. The number of phenols is 1. The van der Waals surface area contributed by atoms with Crippen molar-refractivity contribution in [3.05, 3.63) is 29.8 Å². The first-order valence-corrected chi connectivity index (χ1v) is 9.00. The van der Waals surface area contributed by atoms with E-state index in [2.05, 4.69) is 0 Å². The summed E-state index contributed by atoms with van der Waals surface area (Å²) in [6.07, 6.45) is 2.44. The SMILES string of the molecule is NC(CO)C(=O)O.NC(Cc1ccc(O)cc1)C(=O)O.NCCCCC(N)C(=O)O.